The van der Waals surface area contributed by atoms with Crippen LogP contribution in [0.1, 0.15) is 0 Å². The fourth-order valence-electron chi connectivity index (χ4n) is 1.07. The number of fused-ring (bicyclic) bond motifs is 1. The fourth-order valence-corrected chi connectivity index (χ4v) is 1.23. The zero-order valence-electron chi connectivity index (χ0n) is 6.75. The third-order valence-electron chi connectivity index (χ3n) is 1.68. The summed E-state index contributed by atoms with van der Waals surface area (Å²) in [7, 11) is 0. The van der Waals surface area contributed by atoms with Crippen molar-refractivity contribution in [3.8, 4) is 11.5 Å². The van der Waals surface area contributed by atoms with Gasteiger partial charge < -0.3 is 9.47 Å². The quantitative estimate of drug-likeness (QED) is 0.636. The van der Waals surface area contributed by atoms with Crippen molar-refractivity contribution >= 4 is 17.4 Å². The van der Waals surface area contributed by atoms with Crippen LogP contribution in [0, 0.1) is 0 Å². The third kappa shape index (κ3) is 1.75. The second-order valence-corrected chi connectivity index (χ2v) is 3.14. The molecule has 1 aromatic carbocycles. The van der Waals surface area contributed by atoms with Crippen LogP contribution in [-0.4, -0.2) is 19.0 Å². The molecule has 0 radical (unpaired) electrons. The number of carbonyl (C=O) groups is 1. The van der Waals surface area contributed by atoms with Crippen LogP contribution in [0.3, 0.4) is 0 Å². The van der Waals surface area contributed by atoms with Crippen molar-refractivity contribution in [2.45, 2.75) is 0 Å². The molecule has 1 aliphatic rings. The van der Waals surface area contributed by atoms with E-state index in [0.29, 0.717) is 16.5 Å². The third-order valence-corrected chi connectivity index (χ3v) is 1.92. The van der Waals surface area contributed by atoms with Crippen molar-refractivity contribution in [1.29, 1.82) is 0 Å². The molecule has 0 aliphatic carbocycles. The molecule has 13 heavy (non-hydrogen) atoms. The van der Waals surface area contributed by atoms with Crippen LogP contribution in [0.15, 0.2) is 18.2 Å². The van der Waals surface area contributed by atoms with E-state index < -0.39 is 0 Å². The standard InChI is InChI=1S/C9H7ClO3/c10-6-1-2-8-9(3-6)13-5-7(11)4-12-8/h1-3H,4-5H2. The van der Waals surface area contributed by atoms with E-state index in [1.54, 1.807) is 18.2 Å². The summed E-state index contributed by atoms with van der Waals surface area (Å²) in [5.41, 5.74) is 0. The lowest BCUT2D eigenvalue weighted by molar-refractivity contribution is -0.122. The molecule has 0 unspecified atom stereocenters. The van der Waals surface area contributed by atoms with Gasteiger partial charge >= 0.3 is 0 Å². The molecule has 0 fully saturated rings. The highest BCUT2D eigenvalue weighted by Gasteiger charge is 2.14. The second kappa shape index (κ2) is 3.26. The Morgan fingerprint density at radius 3 is 2.62 bits per heavy atom. The highest BCUT2D eigenvalue weighted by Crippen LogP contribution is 2.31. The Hall–Kier alpha value is -1.22. The van der Waals surface area contributed by atoms with E-state index in [0.717, 1.165) is 0 Å². The molecule has 2 rings (SSSR count). The summed E-state index contributed by atoms with van der Waals surface area (Å²) in [4.78, 5) is 11.0. The van der Waals surface area contributed by atoms with Crippen molar-refractivity contribution in [3.05, 3.63) is 23.2 Å². The van der Waals surface area contributed by atoms with Gasteiger partial charge in [-0.1, -0.05) is 11.6 Å². The normalized spacial score (nSPS) is 15.3. The van der Waals surface area contributed by atoms with E-state index in [9.17, 15) is 4.79 Å². The Kier molecular flexibility index (Phi) is 2.10. The van der Waals surface area contributed by atoms with Gasteiger partial charge in [-0.3, -0.25) is 4.79 Å². The van der Waals surface area contributed by atoms with Crippen LogP contribution < -0.4 is 9.47 Å². The van der Waals surface area contributed by atoms with Crippen LogP contribution in [0.2, 0.25) is 5.02 Å². The lowest BCUT2D eigenvalue weighted by atomic mass is 10.3. The topological polar surface area (TPSA) is 35.5 Å². The Bertz CT molecular complexity index is 349. The van der Waals surface area contributed by atoms with E-state index >= 15 is 0 Å². The first-order chi connectivity index (χ1) is 6.25. The van der Waals surface area contributed by atoms with Gasteiger partial charge in [0.15, 0.2) is 24.7 Å². The monoisotopic (exact) mass is 198 g/mol. The van der Waals surface area contributed by atoms with Gasteiger partial charge in [-0.25, -0.2) is 0 Å². The zero-order valence-corrected chi connectivity index (χ0v) is 7.50. The molecule has 3 nitrogen and oxygen atoms in total. The molecule has 0 aromatic heterocycles. The molecule has 0 spiro atoms. The number of ether oxygens (including phenoxy) is 2. The second-order valence-electron chi connectivity index (χ2n) is 2.71. The van der Waals surface area contributed by atoms with Gasteiger partial charge in [0.2, 0.25) is 5.78 Å². The van der Waals surface area contributed by atoms with E-state index in [2.05, 4.69) is 0 Å². The highest BCUT2D eigenvalue weighted by molar-refractivity contribution is 6.30. The summed E-state index contributed by atoms with van der Waals surface area (Å²) in [5, 5.41) is 0.566. The molecular formula is C9H7ClO3. The molecule has 1 aromatic rings. The minimum Gasteiger partial charge on any atom is -0.482 e. The average Bonchev–Trinajstić information content (AvgIpc) is 2.29. The van der Waals surface area contributed by atoms with Crippen molar-refractivity contribution in [3.63, 3.8) is 0 Å². The number of ketones is 1. The number of hydrogen-bond acceptors (Lipinski definition) is 3. The van der Waals surface area contributed by atoms with Crippen LogP contribution in [0.5, 0.6) is 11.5 Å². The van der Waals surface area contributed by atoms with Gasteiger partial charge in [-0.15, -0.1) is 0 Å². The first-order valence-corrected chi connectivity index (χ1v) is 4.20. The summed E-state index contributed by atoms with van der Waals surface area (Å²) in [6.07, 6.45) is 0. The minimum atomic E-state index is -0.0766. The van der Waals surface area contributed by atoms with E-state index in [1.807, 2.05) is 0 Å². The number of benzene rings is 1. The van der Waals surface area contributed by atoms with Crippen molar-refractivity contribution in [2.75, 3.05) is 13.2 Å². The minimum absolute atomic E-state index is 0.0490. The SMILES string of the molecule is O=C1COc2ccc(Cl)cc2OC1. The maximum atomic E-state index is 11.0. The van der Waals surface area contributed by atoms with E-state index in [-0.39, 0.29) is 19.0 Å². The fraction of sp³-hybridized carbons (Fsp3) is 0.222. The van der Waals surface area contributed by atoms with Gasteiger partial charge in [0, 0.05) is 11.1 Å². The molecule has 0 atom stereocenters. The molecule has 0 saturated heterocycles. The van der Waals surface area contributed by atoms with Crippen LogP contribution in [0.25, 0.3) is 0 Å². The summed E-state index contributed by atoms with van der Waals surface area (Å²) >= 11 is 5.75. The molecule has 1 aliphatic heterocycles. The van der Waals surface area contributed by atoms with Gasteiger partial charge in [0.05, 0.1) is 0 Å². The number of rotatable bonds is 0. The molecule has 0 bridgehead atoms. The highest BCUT2D eigenvalue weighted by atomic mass is 35.5. The van der Waals surface area contributed by atoms with Crippen LogP contribution >= 0.6 is 11.6 Å². The number of carbonyl (C=O) groups excluding carboxylic acids is 1. The molecule has 0 amide bonds. The molecule has 68 valence electrons. The number of Topliss-reactive ketones (excluding diaryl/α,β-unsaturated/α-hetero) is 1. The van der Waals surface area contributed by atoms with Crippen LogP contribution in [0.4, 0.5) is 0 Å². The molecule has 0 saturated carbocycles. The van der Waals surface area contributed by atoms with Crippen molar-refractivity contribution in [2.24, 2.45) is 0 Å². The van der Waals surface area contributed by atoms with Crippen LogP contribution in [-0.2, 0) is 4.79 Å². The largest absolute Gasteiger partial charge is 0.482 e. The lowest BCUT2D eigenvalue weighted by Gasteiger charge is -2.05. The number of halogens is 1. The predicted molar refractivity (Wildman–Crippen MR) is 47.4 cm³/mol. The lowest BCUT2D eigenvalue weighted by Crippen LogP contribution is -2.15. The Labute approximate surface area is 80.2 Å². The summed E-state index contributed by atoms with van der Waals surface area (Å²) in [6, 6.07) is 5.02. The predicted octanol–water partition coefficient (Wildman–Crippen LogP) is 1.68. The first-order valence-electron chi connectivity index (χ1n) is 3.82. The van der Waals surface area contributed by atoms with Gasteiger partial charge in [0.1, 0.15) is 0 Å². The van der Waals surface area contributed by atoms with Gasteiger partial charge in [-0.05, 0) is 12.1 Å². The summed E-state index contributed by atoms with van der Waals surface area (Å²) in [5.74, 6) is 1.01. The first kappa shape index (κ1) is 8.38. The summed E-state index contributed by atoms with van der Waals surface area (Å²) in [6.45, 7) is 0.113. The zero-order chi connectivity index (χ0) is 9.26. The molecular weight excluding hydrogens is 192 g/mol. The molecule has 0 N–H and O–H groups in total. The van der Waals surface area contributed by atoms with E-state index in [1.165, 1.54) is 0 Å². The Balaban J connectivity index is 2.35. The summed E-state index contributed by atoms with van der Waals surface area (Å²) < 4.78 is 10.4. The average molecular weight is 199 g/mol. The molecule has 1 heterocycles. The van der Waals surface area contributed by atoms with Crippen molar-refractivity contribution < 1.29 is 14.3 Å². The molecule has 4 heteroatoms. The Morgan fingerprint density at radius 2 is 1.85 bits per heavy atom. The van der Waals surface area contributed by atoms with E-state index in [4.69, 9.17) is 21.1 Å². The maximum Gasteiger partial charge on any atom is 0.207 e. The Morgan fingerprint density at radius 1 is 1.15 bits per heavy atom. The maximum absolute atomic E-state index is 11.0. The number of hydrogen-bond donors (Lipinski definition) is 0. The van der Waals surface area contributed by atoms with Gasteiger partial charge in [-0.2, -0.15) is 0 Å². The van der Waals surface area contributed by atoms with Crippen molar-refractivity contribution in [1.82, 2.24) is 0 Å². The smallest absolute Gasteiger partial charge is 0.207 e. The van der Waals surface area contributed by atoms with Gasteiger partial charge in [0.25, 0.3) is 0 Å².